The van der Waals surface area contributed by atoms with Gasteiger partial charge in [0.2, 0.25) is 0 Å². The van der Waals surface area contributed by atoms with Crippen molar-refractivity contribution in [1.82, 2.24) is 15.0 Å². The number of benzene rings is 3. The molecule has 0 fully saturated rings. The summed E-state index contributed by atoms with van der Waals surface area (Å²) >= 11 is 0. The van der Waals surface area contributed by atoms with Gasteiger partial charge >= 0.3 is 0 Å². The topological polar surface area (TPSA) is 94.1 Å². The molecule has 1 N–H and O–H groups in total. The van der Waals surface area contributed by atoms with E-state index in [1.54, 1.807) is 49.5 Å². The quantitative estimate of drug-likeness (QED) is 0.307. The third-order valence-electron chi connectivity index (χ3n) is 5.74. The monoisotopic (exact) mass is 518 g/mol. The second kappa shape index (κ2) is 9.55. The zero-order valence-electron chi connectivity index (χ0n) is 19.7. The summed E-state index contributed by atoms with van der Waals surface area (Å²) in [5, 5.41) is 1.34. The predicted molar refractivity (Wildman–Crippen MR) is 137 cm³/mol. The Balaban J connectivity index is 1.55. The largest absolute Gasteiger partial charge is 0.496 e. The van der Waals surface area contributed by atoms with Gasteiger partial charge in [-0.1, -0.05) is 12.1 Å². The molecule has 10 heteroatoms. The zero-order chi connectivity index (χ0) is 26.2. The van der Waals surface area contributed by atoms with E-state index >= 15 is 0 Å². The highest BCUT2D eigenvalue weighted by molar-refractivity contribution is 7.92. The van der Waals surface area contributed by atoms with Crippen molar-refractivity contribution >= 4 is 26.6 Å². The number of hydrogen-bond donors (Lipinski definition) is 1. The molecule has 0 saturated heterocycles. The maximum Gasteiger partial charge on any atom is 0.263 e. The van der Waals surface area contributed by atoms with E-state index in [0.29, 0.717) is 44.6 Å². The number of hydrogen-bond acceptors (Lipinski definition) is 6. The molecule has 0 aliphatic rings. The second-order valence-corrected chi connectivity index (χ2v) is 9.95. The van der Waals surface area contributed by atoms with E-state index in [0.717, 1.165) is 6.07 Å². The first-order valence-corrected chi connectivity index (χ1v) is 12.6. The molecule has 186 valence electrons. The number of rotatable bonds is 6. The lowest BCUT2D eigenvalue weighted by atomic mass is 9.99. The number of nitrogens with zero attached hydrogens (tertiary/aromatic N) is 3. The van der Waals surface area contributed by atoms with Crippen LogP contribution in [0, 0.1) is 18.6 Å². The summed E-state index contributed by atoms with van der Waals surface area (Å²) in [6.45, 7) is 1.74. The minimum absolute atomic E-state index is 0.0591. The highest BCUT2D eigenvalue weighted by atomic mass is 32.2. The third kappa shape index (κ3) is 4.96. The number of ether oxygens (including phenoxy) is 1. The van der Waals surface area contributed by atoms with Crippen LogP contribution in [0.25, 0.3) is 33.2 Å². The molecule has 0 aliphatic heterocycles. The molecule has 0 spiro atoms. The molecule has 0 bridgehead atoms. The fraction of sp³-hybridized carbons (Fsp3) is 0.0741. The summed E-state index contributed by atoms with van der Waals surface area (Å²) in [5.74, 6) is -0.738. The fourth-order valence-electron chi connectivity index (χ4n) is 4.03. The van der Waals surface area contributed by atoms with Gasteiger partial charge in [0.15, 0.2) is 0 Å². The van der Waals surface area contributed by atoms with E-state index in [1.165, 1.54) is 37.7 Å². The average molecular weight is 519 g/mol. The molecule has 0 aliphatic carbocycles. The molecular weight excluding hydrogens is 498 g/mol. The van der Waals surface area contributed by atoms with Crippen LogP contribution in [0.4, 0.5) is 14.6 Å². The van der Waals surface area contributed by atoms with Crippen LogP contribution in [0.1, 0.15) is 5.69 Å². The van der Waals surface area contributed by atoms with Crippen LogP contribution in [0.15, 0.2) is 84.1 Å². The molecular formula is C27H20F2N4O3S. The Labute approximate surface area is 211 Å². The van der Waals surface area contributed by atoms with E-state index in [4.69, 9.17) is 4.74 Å². The van der Waals surface area contributed by atoms with Crippen LogP contribution in [0.5, 0.6) is 5.75 Å². The van der Waals surface area contributed by atoms with E-state index in [2.05, 4.69) is 19.7 Å². The number of methoxy groups -OCH3 is 1. The first-order chi connectivity index (χ1) is 17.7. The van der Waals surface area contributed by atoms with Gasteiger partial charge in [0.1, 0.15) is 29.5 Å². The Hall–Kier alpha value is -4.44. The highest BCUT2D eigenvalue weighted by Gasteiger charge is 2.18. The molecule has 0 atom stereocenters. The second-order valence-electron chi connectivity index (χ2n) is 8.27. The molecule has 0 amide bonds. The lowest BCUT2D eigenvalue weighted by molar-refractivity contribution is 0.416. The number of sulfonamides is 1. The van der Waals surface area contributed by atoms with Gasteiger partial charge in [-0.2, -0.15) is 0 Å². The van der Waals surface area contributed by atoms with Crippen molar-refractivity contribution in [3.05, 3.63) is 96.6 Å². The van der Waals surface area contributed by atoms with Crippen LogP contribution in [0.3, 0.4) is 0 Å². The molecule has 0 saturated carbocycles. The van der Waals surface area contributed by atoms with Gasteiger partial charge in [0, 0.05) is 35.0 Å². The zero-order valence-corrected chi connectivity index (χ0v) is 20.6. The molecule has 0 unspecified atom stereocenters. The first-order valence-electron chi connectivity index (χ1n) is 11.1. The predicted octanol–water partition coefficient (Wildman–Crippen LogP) is 5.75. The minimum atomic E-state index is -3.90. The van der Waals surface area contributed by atoms with E-state index in [1.807, 2.05) is 0 Å². The first kappa shape index (κ1) is 24.3. The molecule has 7 nitrogen and oxygen atoms in total. The maximum atomic E-state index is 13.7. The van der Waals surface area contributed by atoms with Crippen molar-refractivity contribution in [3.8, 4) is 28.1 Å². The smallest absolute Gasteiger partial charge is 0.263 e. The molecule has 2 heterocycles. The Kier molecular flexibility index (Phi) is 6.26. The number of aryl methyl sites for hydroxylation is 1. The lowest BCUT2D eigenvalue weighted by Gasteiger charge is -2.14. The van der Waals surface area contributed by atoms with Crippen molar-refractivity contribution < 1.29 is 21.9 Å². The standard InChI is InChI=1S/C27H20F2N4O3S/c1-16-9-26(32-15-31-16)33-37(34,35)22-4-6-23-18(12-22)7-8-30-27(23)24-5-3-17(13-25(24)36-2)19-10-20(28)14-21(29)11-19/h3-15H,1-2H3,(H,31,32,33). The number of fused-ring (bicyclic) bond motifs is 1. The summed E-state index contributed by atoms with van der Waals surface area (Å²) in [7, 11) is -2.41. The highest BCUT2D eigenvalue weighted by Crippen LogP contribution is 2.37. The number of nitrogens with one attached hydrogen (secondary N) is 1. The van der Waals surface area contributed by atoms with E-state index in [9.17, 15) is 17.2 Å². The Bertz CT molecular complexity index is 1740. The minimum Gasteiger partial charge on any atom is -0.496 e. The van der Waals surface area contributed by atoms with Gasteiger partial charge in [-0.05, 0) is 65.9 Å². The van der Waals surface area contributed by atoms with Gasteiger partial charge in [0.25, 0.3) is 10.0 Å². The van der Waals surface area contributed by atoms with Gasteiger partial charge in [-0.25, -0.2) is 27.2 Å². The molecule has 2 aromatic heterocycles. The Morgan fingerprint density at radius 1 is 0.838 bits per heavy atom. The summed E-state index contributed by atoms with van der Waals surface area (Å²) in [6, 6.07) is 16.4. The van der Waals surface area contributed by atoms with Gasteiger partial charge in [-0.15, -0.1) is 0 Å². The molecule has 37 heavy (non-hydrogen) atoms. The van der Waals surface area contributed by atoms with Crippen LogP contribution in [-0.4, -0.2) is 30.5 Å². The summed E-state index contributed by atoms with van der Waals surface area (Å²) in [5.41, 5.74) is 2.77. The molecule has 0 radical (unpaired) electrons. The maximum absolute atomic E-state index is 13.7. The van der Waals surface area contributed by atoms with Crippen molar-refractivity contribution in [2.45, 2.75) is 11.8 Å². The van der Waals surface area contributed by atoms with Crippen molar-refractivity contribution in [2.75, 3.05) is 11.8 Å². The number of aromatic nitrogens is 3. The lowest BCUT2D eigenvalue weighted by Crippen LogP contribution is -2.14. The summed E-state index contributed by atoms with van der Waals surface area (Å²) < 4.78 is 61.5. The van der Waals surface area contributed by atoms with E-state index in [-0.39, 0.29) is 10.7 Å². The van der Waals surface area contributed by atoms with Gasteiger partial charge in [-0.3, -0.25) is 9.71 Å². The Morgan fingerprint density at radius 2 is 1.62 bits per heavy atom. The number of pyridine rings is 1. The van der Waals surface area contributed by atoms with Crippen LogP contribution in [0.2, 0.25) is 0 Å². The van der Waals surface area contributed by atoms with Crippen molar-refractivity contribution in [3.63, 3.8) is 0 Å². The normalized spacial score (nSPS) is 11.5. The fourth-order valence-corrected chi connectivity index (χ4v) is 5.07. The third-order valence-corrected chi connectivity index (χ3v) is 7.09. The Morgan fingerprint density at radius 3 is 2.35 bits per heavy atom. The molecule has 3 aromatic carbocycles. The van der Waals surface area contributed by atoms with E-state index < -0.39 is 21.7 Å². The summed E-state index contributed by atoms with van der Waals surface area (Å²) in [6.07, 6.45) is 2.86. The number of anilines is 1. The summed E-state index contributed by atoms with van der Waals surface area (Å²) in [4.78, 5) is 12.5. The van der Waals surface area contributed by atoms with Crippen LogP contribution < -0.4 is 9.46 Å². The SMILES string of the molecule is COc1cc(-c2cc(F)cc(F)c2)ccc1-c1nccc2cc(S(=O)(=O)Nc3cc(C)ncn3)ccc12. The van der Waals surface area contributed by atoms with Crippen molar-refractivity contribution in [1.29, 1.82) is 0 Å². The molecule has 5 aromatic rings. The number of halogens is 2. The van der Waals surface area contributed by atoms with Gasteiger partial charge in [0.05, 0.1) is 17.7 Å². The molecule has 5 rings (SSSR count). The van der Waals surface area contributed by atoms with Crippen LogP contribution in [-0.2, 0) is 10.0 Å². The van der Waals surface area contributed by atoms with Crippen LogP contribution >= 0.6 is 0 Å². The van der Waals surface area contributed by atoms with Crippen molar-refractivity contribution in [2.24, 2.45) is 0 Å². The van der Waals surface area contributed by atoms with Gasteiger partial charge < -0.3 is 4.74 Å². The average Bonchev–Trinajstić information content (AvgIpc) is 2.87.